The van der Waals surface area contributed by atoms with Crippen LogP contribution in [0.4, 0.5) is 0 Å². The fraction of sp³-hybridized carbons (Fsp3) is 0.971. The fourth-order valence-corrected chi connectivity index (χ4v) is 11.5. The summed E-state index contributed by atoms with van der Waals surface area (Å²) in [6, 6.07) is 0. The Kier molecular flexibility index (Phi) is 9.64. The second-order valence-electron chi connectivity index (χ2n) is 15.9. The molecule has 0 radical (unpaired) electrons. The van der Waals surface area contributed by atoms with E-state index in [-0.39, 0.29) is 12.7 Å². The molecule has 2 N–H and O–H groups in total. The van der Waals surface area contributed by atoms with Crippen molar-refractivity contribution in [2.24, 2.45) is 46.3 Å². The SMILES string of the molecule is CCCCC[N+]1(CCO)CCN(C(=O)CC[C@@H](C)[C@H]2CCC3C4CCC5C[C@H](O)CC[C@]5(C)C4CC[C@@]32C)CC1. The molecule has 1 saturated heterocycles. The van der Waals surface area contributed by atoms with Crippen LogP contribution in [0.3, 0.4) is 0 Å². The zero-order valence-corrected chi connectivity index (χ0v) is 26.6. The average Bonchev–Trinajstić information content (AvgIpc) is 3.30. The molecule has 40 heavy (non-hydrogen) atoms. The zero-order valence-electron chi connectivity index (χ0n) is 26.6. The first-order valence-corrected chi connectivity index (χ1v) is 17.6. The van der Waals surface area contributed by atoms with Crippen molar-refractivity contribution in [2.75, 3.05) is 45.9 Å². The Morgan fingerprint density at radius 2 is 1.68 bits per heavy atom. The van der Waals surface area contributed by atoms with E-state index >= 15 is 0 Å². The number of quaternary nitrogens is 1. The maximum Gasteiger partial charge on any atom is 0.222 e. The summed E-state index contributed by atoms with van der Waals surface area (Å²) in [7, 11) is 0. The van der Waals surface area contributed by atoms with Crippen molar-refractivity contribution in [3.05, 3.63) is 0 Å². The van der Waals surface area contributed by atoms with Crippen molar-refractivity contribution < 1.29 is 19.5 Å². The first-order chi connectivity index (χ1) is 19.2. The normalized spacial score (nSPS) is 41.6. The van der Waals surface area contributed by atoms with E-state index in [1.165, 1.54) is 64.2 Å². The number of piperazine rings is 1. The molecule has 1 amide bonds. The van der Waals surface area contributed by atoms with Crippen molar-refractivity contribution in [3.8, 4) is 0 Å². The molecule has 0 aromatic carbocycles. The third-order valence-corrected chi connectivity index (χ3v) is 14.1. The summed E-state index contributed by atoms with van der Waals surface area (Å²) in [5, 5.41) is 20.1. The lowest BCUT2D eigenvalue weighted by Gasteiger charge is -2.61. The van der Waals surface area contributed by atoms with E-state index in [1.807, 2.05) is 0 Å². The Labute approximate surface area is 246 Å². The van der Waals surface area contributed by atoms with Gasteiger partial charge in [-0.2, -0.15) is 0 Å². The van der Waals surface area contributed by atoms with E-state index in [2.05, 4.69) is 32.6 Å². The Balaban J connectivity index is 1.14. The lowest BCUT2D eigenvalue weighted by Crippen LogP contribution is -2.61. The van der Waals surface area contributed by atoms with Gasteiger partial charge in [0.1, 0.15) is 6.54 Å². The highest BCUT2D eigenvalue weighted by Crippen LogP contribution is 2.68. The number of hydrogen-bond donors (Lipinski definition) is 2. The summed E-state index contributed by atoms with van der Waals surface area (Å²) >= 11 is 0. The number of rotatable bonds is 10. The molecule has 230 valence electrons. The van der Waals surface area contributed by atoms with Crippen LogP contribution < -0.4 is 0 Å². The predicted octanol–water partition coefficient (Wildman–Crippen LogP) is 6.26. The van der Waals surface area contributed by atoms with Gasteiger partial charge >= 0.3 is 0 Å². The topological polar surface area (TPSA) is 60.8 Å². The molecule has 4 aliphatic carbocycles. The number of nitrogens with zero attached hydrogens (tertiary/aromatic N) is 2. The summed E-state index contributed by atoms with van der Waals surface area (Å²) in [6.07, 6.45) is 17.0. The van der Waals surface area contributed by atoms with Crippen molar-refractivity contribution in [2.45, 2.75) is 124 Å². The highest BCUT2D eigenvalue weighted by atomic mass is 16.3. The van der Waals surface area contributed by atoms with Gasteiger partial charge in [-0.25, -0.2) is 0 Å². The first-order valence-electron chi connectivity index (χ1n) is 17.6. The quantitative estimate of drug-likeness (QED) is 0.245. The van der Waals surface area contributed by atoms with E-state index < -0.39 is 0 Å². The number of carbonyl (C=O) groups excluding carboxylic acids is 1. The summed E-state index contributed by atoms with van der Waals surface area (Å²) in [5.41, 5.74) is 0.906. The first kappa shape index (κ1) is 30.8. The van der Waals surface area contributed by atoms with Gasteiger partial charge in [0.25, 0.3) is 0 Å². The van der Waals surface area contributed by atoms with Crippen molar-refractivity contribution in [3.63, 3.8) is 0 Å². The van der Waals surface area contributed by atoms with E-state index in [4.69, 9.17) is 0 Å². The second-order valence-corrected chi connectivity index (χ2v) is 15.9. The van der Waals surface area contributed by atoms with Crippen LogP contribution in [0.25, 0.3) is 0 Å². The summed E-state index contributed by atoms with van der Waals surface area (Å²) in [5.74, 6) is 5.11. The summed E-state index contributed by atoms with van der Waals surface area (Å²) in [6.45, 7) is 15.9. The molecule has 5 nitrogen and oxygen atoms in total. The van der Waals surface area contributed by atoms with Crippen molar-refractivity contribution >= 4 is 5.91 Å². The molecular formula is C35H63N2O3+. The molecule has 0 spiro atoms. The highest BCUT2D eigenvalue weighted by molar-refractivity contribution is 5.76. The lowest BCUT2D eigenvalue weighted by molar-refractivity contribution is -0.932. The molecule has 4 unspecified atom stereocenters. The minimum atomic E-state index is -0.0548. The number of unbranched alkanes of at least 4 members (excludes halogenated alkanes) is 2. The van der Waals surface area contributed by atoms with Gasteiger partial charge in [0, 0.05) is 6.42 Å². The van der Waals surface area contributed by atoms with E-state index in [0.29, 0.717) is 29.1 Å². The standard InChI is InChI=1S/C35H63N2O3/c1-5-6-7-20-37(23-24-38)21-18-36(19-22-37)33(40)13-8-26(2)30-11-12-31-29-10-9-27-25-28(39)14-16-34(27,3)32(29)15-17-35(30,31)4/h26-32,38-39H,5-25H2,1-4H3/q+1/t26-,27?,28-,29?,30-,31?,32?,34+,35-/m1/s1. The molecule has 9 atom stereocenters. The minimum absolute atomic E-state index is 0.0548. The Morgan fingerprint density at radius 3 is 2.40 bits per heavy atom. The maximum atomic E-state index is 13.3. The van der Waals surface area contributed by atoms with Crippen LogP contribution in [-0.4, -0.2) is 77.5 Å². The molecule has 0 bridgehead atoms. The van der Waals surface area contributed by atoms with Crippen molar-refractivity contribution in [1.29, 1.82) is 0 Å². The maximum absolute atomic E-state index is 13.3. The smallest absolute Gasteiger partial charge is 0.222 e. The second kappa shape index (κ2) is 12.5. The molecule has 5 heteroatoms. The van der Waals surface area contributed by atoms with Gasteiger partial charge in [0.15, 0.2) is 0 Å². The third kappa shape index (κ3) is 5.79. The van der Waals surface area contributed by atoms with Gasteiger partial charge < -0.3 is 19.6 Å². The van der Waals surface area contributed by atoms with Crippen LogP contribution in [-0.2, 0) is 4.79 Å². The Hall–Kier alpha value is -0.650. The van der Waals surface area contributed by atoms with Crippen LogP contribution in [0.1, 0.15) is 118 Å². The summed E-state index contributed by atoms with van der Waals surface area (Å²) in [4.78, 5) is 15.5. The van der Waals surface area contributed by atoms with E-state index in [9.17, 15) is 15.0 Å². The van der Waals surface area contributed by atoms with Gasteiger partial charge in [-0.05, 0) is 123 Å². The summed E-state index contributed by atoms with van der Waals surface area (Å²) < 4.78 is 1.00. The number of fused-ring (bicyclic) bond motifs is 5. The van der Waals surface area contributed by atoms with Crippen LogP contribution in [0.5, 0.6) is 0 Å². The number of aliphatic hydroxyl groups is 2. The van der Waals surface area contributed by atoms with Crippen LogP contribution >= 0.6 is 0 Å². The van der Waals surface area contributed by atoms with Gasteiger partial charge in [-0.1, -0.05) is 34.1 Å². The Bertz CT molecular complexity index is 856. The van der Waals surface area contributed by atoms with Gasteiger partial charge in [0.05, 0.1) is 45.4 Å². The third-order valence-electron chi connectivity index (χ3n) is 14.1. The molecule has 0 aromatic heterocycles. The molecule has 5 fully saturated rings. The minimum Gasteiger partial charge on any atom is -0.393 e. The largest absolute Gasteiger partial charge is 0.393 e. The van der Waals surface area contributed by atoms with Gasteiger partial charge in [0.2, 0.25) is 5.91 Å². The fourth-order valence-electron chi connectivity index (χ4n) is 11.5. The molecule has 1 aliphatic heterocycles. The van der Waals surface area contributed by atoms with Crippen molar-refractivity contribution in [1.82, 2.24) is 4.90 Å². The van der Waals surface area contributed by atoms with Gasteiger partial charge in [-0.15, -0.1) is 0 Å². The Morgan fingerprint density at radius 1 is 0.950 bits per heavy atom. The number of hydrogen-bond acceptors (Lipinski definition) is 3. The number of aliphatic hydroxyl groups excluding tert-OH is 2. The van der Waals surface area contributed by atoms with Crippen LogP contribution in [0.2, 0.25) is 0 Å². The predicted molar refractivity (Wildman–Crippen MR) is 163 cm³/mol. The molecule has 1 heterocycles. The zero-order chi connectivity index (χ0) is 28.5. The average molecular weight is 560 g/mol. The van der Waals surface area contributed by atoms with Crippen LogP contribution in [0.15, 0.2) is 0 Å². The molecular weight excluding hydrogens is 496 g/mol. The van der Waals surface area contributed by atoms with E-state index in [0.717, 1.165) is 92.6 Å². The number of amides is 1. The molecule has 4 saturated carbocycles. The molecule has 5 aliphatic rings. The molecule has 0 aromatic rings. The molecule has 5 rings (SSSR count). The van der Waals surface area contributed by atoms with E-state index in [1.54, 1.807) is 0 Å². The van der Waals surface area contributed by atoms with Crippen LogP contribution in [0, 0.1) is 46.3 Å². The lowest BCUT2D eigenvalue weighted by atomic mass is 9.44. The highest BCUT2D eigenvalue weighted by Gasteiger charge is 2.60. The number of carbonyl (C=O) groups is 1. The monoisotopic (exact) mass is 559 g/mol. The van der Waals surface area contributed by atoms with Gasteiger partial charge in [-0.3, -0.25) is 4.79 Å².